The van der Waals surface area contributed by atoms with Gasteiger partial charge in [-0.05, 0) is 45.9 Å². The monoisotopic (exact) mass is 279 g/mol. The highest BCUT2D eigenvalue weighted by atomic mass is 16.5. The fourth-order valence-electron chi connectivity index (χ4n) is 1.62. The van der Waals surface area contributed by atoms with E-state index >= 15 is 0 Å². The van der Waals surface area contributed by atoms with Crippen LogP contribution in [0.2, 0.25) is 0 Å². The normalized spacial score (nSPS) is 11.2. The molecule has 0 unspecified atom stereocenters. The minimum atomic E-state index is -1.05. The minimum Gasteiger partial charge on any atom is -0.494 e. The van der Waals surface area contributed by atoms with Crippen LogP contribution in [0.4, 0.5) is 0 Å². The van der Waals surface area contributed by atoms with Crippen LogP contribution in [0, 0.1) is 0 Å². The van der Waals surface area contributed by atoms with Crippen LogP contribution in [0.1, 0.15) is 43.6 Å². The lowest BCUT2D eigenvalue weighted by molar-refractivity contribution is -0.143. The second-order valence-electron chi connectivity index (χ2n) is 5.10. The fourth-order valence-corrected chi connectivity index (χ4v) is 1.62. The molecule has 0 atom stereocenters. The third-order valence-electron chi connectivity index (χ3n) is 3.02. The Morgan fingerprint density at radius 3 is 2.50 bits per heavy atom. The van der Waals surface area contributed by atoms with Gasteiger partial charge < -0.3 is 9.84 Å². The Morgan fingerprint density at radius 1 is 1.35 bits per heavy atom. The highest BCUT2D eigenvalue weighted by Crippen LogP contribution is 2.21. The van der Waals surface area contributed by atoms with Crippen molar-refractivity contribution in [2.24, 2.45) is 0 Å². The van der Waals surface area contributed by atoms with Gasteiger partial charge in [0.15, 0.2) is 5.78 Å². The predicted molar refractivity (Wildman–Crippen MR) is 76.2 cm³/mol. The van der Waals surface area contributed by atoms with E-state index in [0.29, 0.717) is 24.5 Å². The number of aliphatic carboxylic acids is 1. The van der Waals surface area contributed by atoms with Crippen LogP contribution in [0.5, 0.6) is 5.75 Å². The molecule has 0 saturated heterocycles. The molecule has 2 N–H and O–H groups in total. The van der Waals surface area contributed by atoms with Gasteiger partial charge in [0, 0.05) is 17.7 Å². The summed E-state index contributed by atoms with van der Waals surface area (Å²) in [6, 6.07) is 5.18. The average Bonchev–Trinajstić information content (AvgIpc) is 2.37. The van der Waals surface area contributed by atoms with Gasteiger partial charge in [-0.2, -0.15) is 0 Å². The molecule has 20 heavy (non-hydrogen) atoms. The standard InChI is InChI=1S/C15H21NO4/c1-5-20-13-7-6-11(10(2)17)8-12(13)9-16-15(3,4)14(18)19/h6-8,16H,5,9H2,1-4H3,(H,18,19). The summed E-state index contributed by atoms with van der Waals surface area (Å²) in [6.45, 7) is 7.37. The highest BCUT2D eigenvalue weighted by Gasteiger charge is 2.26. The summed E-state index contributed by atoms with van der Waals surface area (Å²) in [6.07, 6.45) is 0. The van der Waals surface area contributed by atoms with Gasteiger partial charge in [-0.3, -0.25) is 14.9 Å². The molecule has 0 spiro atoms. The third kappa shape index (κ3) is 4.06. The minimum absolute atomic E-state index is 0.0354. The van der Waals surface area contributed by atoms with E-state index in [0.717, 1.165) is 5.56 Å². The van der Waals surface area contributed by atoms with Crippen LogP contribution in [0.15, 0.2) is 18.2 Å². The zero-order chi connectivity index (χ0) is 15.3. The molecule has 0 fully saturated rings. The Morgan fingerprint density at radius 2 is 2.00 bits per heavy atom. The third-order valence-corrected chi connectivity index (χ3v) is 3.02. The molecule has 1 aromatic rings. The lowest BCUT2D eigenvalue weighted by Crippen LogP contribution is -2.46. The first-order valence-corrected chi connectivity index (χ1v) is 6.53. The second kappa shape index (κ2) is 6.52. The number of hydrogen-bond donors (Lipinski definition) is 2. The van der Waals surface area contributed by atoms with Crippen molar-refractivity contribution in [3.05, 3.63) is 29.3 Å². The lowest BCUT2D eigenvalue weighted by atomic mass is 10.0. The molecule has 1 aromatic carbocycles. The van der Waals surface area contributed by atoms with E-state index in [4.69, 9.17) is 9.84 Å². The van der Waals surface area contributed by atoms with E-state index in [1.54, 1.807) is 32.0 Å². The molecule has 0 radical (unpaired) electrons. The van der Waals surface area contributed by atoms with Crippen LogP contribution in [-0.2, 0) is 11.3 Å². The molecule has 1 rings (SSSR count). The van der Waals surface area contributed by atoms with Crippen LogP contribution < -0.4 is 10.1 Å². The van der Waals surface area contributed by atoms with E-state index in [9.17, 15) is 9.59 Å². The van der Waals surface area contributed by atoms with Crippen LogP contribution in [0.25, 0.3) is 0 Å². The van der Waals surface area contributed by atoms with Gasteiger partial charge in [0.05, 0.1) is 6.61 Å². The SMILES string of the molecule is CCOc1ccc(C(C)=O)cc1CNC(C)(C)C(=O)O. The molecule has 0 aliphatic carbocycles. The Hall–Kier alpha value is -1.88. The maximum Gasteiger partial charge on any atom is 0.323 e. The fraction of sp³-hybridized carbons (Fsp3) is 0.467. The molecule has 0 saturated carbocycles. The topological polar surface area (TPSA) is 75.6 Å². The first kappa shape index (κ1) is 16.2. The molecule has 0 bridgehead atoms. The van der Waals surface area contributed by atoms with Gasteiger partial charge in [0.1, 0.15) is 11.3 Å². The molecular formula is C15H21NO4. The number of carboxylic acids is 1. The van der Waals surface area contributed by atoms with Gasteiger partial charge in [0.2, 0.25) is 0 Å². The van der Waals surface area contributed by atoms with Crippen LogP contribution in [0.3, 0.4) is 0 Å². The summed E-state index contributed by atoms with van der Waals surface area (Å²) in [5, 5.41) is 12.0. The van der Waals surface area contributed by atoms with Crippen LogP contribution in [-0.4, -0.2) is 29.0 Å². The number of hydrogen-bond acceptors (Lipinski definition) is 4. The molecule has 0 aliphatic heterocycles. The number of ketones is 1. The molecule has 0 amide bonds. The molecule has 0 aromatic heterocycles. The molecule has 0 heterocycles. The van der Waals surface area contributed by atoms with Crippen molar-refractivity contribution in [2.45, 2.75) is 39.8 Å². The van der Waals surface area contributed by atoms with Crippen molar-refractivity contribution in [1.82, 2.24) is 5.32 Å². The van der Waals surface area contributed by atoms with E-state index in [1.807, 2.05) is 6.92 Å². The number of ether oxygens (including phenoxy) is 1. The van der Waals surface area contributed by atoms with E-state index < -0.39 is 11.5 Å². The number of benzene rings is 1. The predicted octanol–water partition coefficient (Wildman–Crippen LogP) is 2.24. The van der Waals surface area contributed by atoms with Gasteiger partial charge in [-0.15, -0.1) is 0 Å². The lowest BCUT2D eigenvalue weighted by Gasteiger charge is -2.22. The van der Waals surface area contributed by atoms with Crippen molar-refractivity contribution < 1.29 is 19.4 Å². The second-order valence-corrected chi connectivity index (χ2v) is 5.10. The van der Waals surface area contributed by atoms with Gasteiger partial charge >= 0.3 is 5.97 Å². The van der Waals surface area contributed by atoms with Crippen LogP contribution >= 0.6 is 0 Å². The summed E-state index contributed by atoms with van der Waals surface area (Å²) in [4.78, 5) is 22.5. The van der Waals surface area contributed by atoms with Crippen molar-refractivity contribution in [2.75, 3.05) is 6.61 Å². The number of carbonyl (C=O) groups excluding carboxylic acids is 1. The van der Waals surface area contributed by atoms with Crippen molar-refractivity contribution >= 4 is 11.8 Å². The Kier molecular flexibility index (Phi) is 5.27. The van der Waals surface area contributed by atoms with Gasteiger partial charge in [0.25, 0.3) is 0 Å². The van der Waals surface area contributed by atoms with E-state index in [1.165, 1.54) is 6.92 Å². The smallest absolute Gasteiger partial charge is 0.323 e. The van der Waals surface area contributed by atoms with Gasteiger partial charge in [-0.25, -0.2) is 0 Å². The molecule has 5 heteroatoms. The molecule has 5 nitrogen and oxygen atoms in total. The number of rotatable bonds is 7. The molecular weight excluding hydrogens is 258 g/mol. The van der Waals surface area contributed by atoms with Crippen molar-refractivity contribution in [1.29, 1.82) is 0 Å². The summed E-state index contributed by atoms with van der Waals surface area (Å²) in [5.41, 5.74) is 0.308. The number of Topliss-reactive ketones (excluding diaryl/α,β-unsaturated/α-hetero) is 1. The summed E-state index contributed by atoms with van der Waals surface area (Å²) in [5.74, 6) is -0.309. The number of carboxylic acid groups (broad SMARTS) is 1. The highest BCUT2D eigenvalue weighted by molar-refractivity contribution is 5.94. The number of carbonyl (C=O) groups is 2. The Labute approximate surface area is 118 Å². The Balaban J connectivity index is 2.98. The maximum absolute atomic E-state index is 11.4. The first-order valence-electron chi connectivity index (χ1n) is 6.53. The summed E-state index contributed by atoms with van der Waals surface area (Å²) < 4.78 is 5.50. The summed E-state index contributed by atoms with van der Waals surface area (Å²) in [7, 11) is 0. The molecule has 110 valence electrons. The largest absolute Gasteiger partial charge is 0.494 e. The Bertz CT molecular complexity index is 509. The quantitative estimate of drug-likeness (QED) is 0.749. The summed E-state index contributed by atoms with van der Waals surface area (Å²) >= 11 is 0. The molecule has 0 aliphatic rings. The van der Waals surface area contributed by atoms with E-state index in [2.05, 4.69) is 5.32 Å². The maximum atomic E-state index is 11.4. The average molecular weight is 279 g/mol. The van der Waals surface area contributed by atoms with E-state index in [-0.39, 0.29) is 5.78 Å². The van der Waals surface area contributed by atoms with Crippen molar-refractivity contribution in [3.63, 3.8) is 0 Å². The zero-order valence-electron chi connectivity index (χ0n) is 12.3. The van der Waals surface area contributed by atoms with Gasteiger partial charge in [-0.1, -0.05) is 0 Å². The zero-order valence-corrected chi connectivity index (χ0v) is 12.3. The number of nitrogens with one attached hydrogen (secondary N) is 1. The van der Waals surface area contributed by atoms with Crippen molar-refractivity contribution in [3.8, 4) is 5.75 Å². The first-order chi connectivity index (χ1) is 9.27.